The number of hydrogen-bond donors (Lipinski definition) is 2. The lowest BCUT2D eigenvalue weighted by Gasteiger charge is -2.16. The molecule has 0 amide bonds. The van der Waals surface area contributed by atoms with Crippen molar-refractivity contribution in [2.45, 2.75) is 56.5 Å². The quantitative estimate of drug-likeness (QED) is 0.848. The molecule has 2 N–H and O–H groups in total. The summed E-state index contributed by atoms with van der Waals surface area (Å²) in [6.07, 6.45) is 4.13. The molecule has 112 valence electrons. The molecule has 20 heavy (non-hydrogen) atoms. The van der Waals surface area contributed by atoms with Crippen molar-refractivity contribution in [3.63, 3.8) is 0 Å². The van der Waals surface area contributed by atoms with Crippen LogP contribution < -0.4 is 10.0 Å². The Morgan fingerprint density at radius 1 is 1.30 bits per heavy atom. The number of sulfonamides is 1. The molecule has 1 aliphatic carbocycles. The summed E-state index contributed by atoms with van der Waals surface area (Å²) in [5, 5.41) is 3.30. The Balaban J connectivity index is 2.16. The van der Waals surface area contributed by atoms with E-state index in [1.54, 1.807) is 12.1 Å². The van der Waals surface area contributed by atoms with Gasteiger partial charge in [0.15, 0.2) is 0 Å². The molecule has 1 aliphatic rings. The molecule has 1 unspecified atom stereocenters. The van der Waals surface area contributed by atoms with Crippen LogP contribution in [0.15, 0.2) is 29.2 Å². The van der Waals surface area contributed by atoms with Crippen LogP contribution in [0.5, 0.6) is 0 Å². The molecule has 0 saturated heterocycles. The highest BCUT2D eigenvalue weighted by molar-refractivity contribution is 7.89. The standard InChI is InChI=1S/C15H24N2O2S/c1-3-16-12(2)13-7-6-10-15(11-13)20(18,19)17-14-8-4-5-9-14/h6-7,10-12,14,16-17H,3-5,8-9H2,1-2H3. The summed E-state index contributed by atoms with van der Waals surface area (Å²) in [5.41, 5.74) is 1.00. The van der Waals surface area contributed by atoms with Crippen LogP contribution in [-0.2, 0) is 10.0 Å². The van der Waals surface area contributed by atoms with E-state index in [9.17, 15) is 8.42 Å². The fourth-order valence-corrected chi connectivity index (χ4v) is 4.07. The Morgan fingerprint density at radius 3 is 2.65 bits per heavy atom. The van der Waals surface area contributed by atoms with E-state index in [1.165, 1.54) is 0 Å². The third-order valence-electron chi connectivity index (χ3n) is 3.86. The van der Waals surface area contributed by atoms with E-state index in [2.05, 4.69) is 10.0 Å². The van der Waals surface area contributed by atoms with Crippen molar-refractivity contribution in [3.05, 3.63) is 29.8 Å². The predicted molar refractivity (Wildman–Crippen MR) is 81.1 cm³/mol. The normalized spacial score (nSPS) is 18.3. The van der Waals surface area contributed by atoms with Crippen LogP contribution in [0.2, 0.25) is 0 Å². The summed E-state index contributed by atoms with van der Waals surface area (Å²) < 4.78 is 27.6. The Hall–Kier alpha value is -0.910. The summed E-state index contributed by atoms with van der Waals surface area (Å²) >= 11 is 0. The minimum Gasteiger partial charge on any atom is -0.310 e. The first-order valence-electron chi connectivity index (χ1n) is 7.38. The molecular formula is C15H24N2O2S. The van der Waals surface area contributed by atoms with Crippen molar-refractivity contribution in [3.8, 4) is 0 Å². The molecular weight excluding hydrogens is 272 g/mol. The Kier molecular flexibility index (Phi) is 5.18. The third-order valence-corrected chi connectivity index (χ3v) is 5.37. The van der Waals surface area contributed by atoms with Gasteiger partial charge in [0.05, 0.1) is 4.90 Å². The van der Waals surface area contributed by atoms with Gasteiger partial charge in [-0.2, -0.15) is 0 Å². The maximum atomic E-state index is 12.4. The van der Waals surface area contributed by atoms with Gasteiger partial charge in [0.25, 0.3) is 0 Å². The molecule has 1 aromatic rings. The summed E-state index contributed by atoms with van der Waals surface area (Å²) in [7, 11) is -3.39. The van der Waals surface area contributed by atoms with Gasteiger partial charge in [-0.1, -0.05) is 31.9 Å². The second-order valence-corrected chi connectivity index (χ2v) is 7.17. The first-order valence-corrected chi connectivity index (χ1v) is 8.87. The summed E-state index contributed by atoms with van der Waals surface area (Å²) in [5.74, 6) is 0. The monoisotopic (exact) mass is 296 g/mol. The molecule has 0 radical (unpaired) electrons. The number of nitrogens with one attached hydrogen (secondary N) is 2. The van der Waals surface area contributed by atoms with Crippen molar-refractivity contribution in [2.24, 2.45) is 0 Å². The van der Waals surface area contributed by atoms with Crippen LogP contribution in [0.1, 0.15) is 51.1 Å². The highest BCUT2D eigenvalue weighted by Gasteiger charge is 2.23. The minimum absolute atomic E-state index is 0.106. The van der Waals surface area contributed by atoms with Crippen LogP contribution in [0.3, 0.4) is 0 Å². The second kappa shape index (κ2) is 6.70. The molecule has 4 nitrogen and oxygen atoms in total. The largest absolute Gasteiger partial charge is 0.310 e. The molecule has 0 bridgehead atoms. The van der Waals surface area contributed by atoms with Crippen molar-refractivity contribution >= 4 is 10.0 Å². The van der Waals surface area contributed by atoms with Crippen molar-refractivity contribution in [1.29, 1.82) is 0 Å². The van der Waals surface area contributed by atoms with E-state index in [1.807, 2.05) is 26.0 Å². The summed E-state index contributed by atoms with van der Waals surface area (Å²) in [4.78, 5) is 0.367. The first kappa shape index (κ1) is 15.5. The molecule has 2 rings (SSSR count). The molecule has 1 fully saturated rings. The fraction of sp³-hybridized carbons (Fsp3) is 0.600. The SMILES string of the molecule is CCNC(C)c1cccc(S(=O)(=O)NC2CCCC2)c1. The van der Waals surface area contributed by atoms with Gasteiger partial charge in [-0.15, -0.1) is 0 Å². The maximum Gasteiger partial charge on any atom is 0.240 e. The van der Waals surface area contributed by atoms with Crippen LogP contribution in [0, 0.1) is 0 Å². The van der Waals surface area contributed by atoms with E-state index in [-0.39, 0.29) is 12.1 Å². The third kappa shape index (κ3) is 3.81. The highest BCUT2D eigenvalue weighted by atomic mass is 32.2. The number of benzene rings is 1. The van der Waals surface area contributed by atoms with Gasteiger partial charge in [0.2, 0.25) is 10.0 Å². The maximum absolute atomic E-state index is 12.4. The minimum atomic E-state index is -3.39. The van der Waals surface area contributed by atoms with E-state index < -0.39 is 10.0 Å². The smallest absolute Gasteiger partial charge is 0.240 e. The zero-order valence-electron chi connectivity index (χ0n) is 12.2. The molecule has 0 aromatic heterocycles. The first-order chi connectivity index (χ1) is 9.53. The van der Waals surface area contributed by atoms with Gasteiger partial charge in [-0.25, -0.2) is 13.1 Å². The van der Waals surface area contributed by atoms with Crippen molar-refractivity contribution in [1.82, 2.24) is 10.0 Å². The Labute approximate surface area is 122 Å². The zero-order valence-corrected chi connectivity index (χ0v) is 13.0. The lowest BCUT2D eigenvalue weighted by atomic mass is 10.1. The Bertz CT molecular complexity index is 537. The van der Waals surface area contributed by atoms with Gasteiger partial charge in [0, 0.05) is 12.1 Å². The fourth-order valence-electron chi connectivity index (χ4n) is 2.71. The van der Waals surface area contributed by atoms with E-state index >= 15 is 0 Å². The van der Waals surface area contributed by atoms with Crippen LogP contribution in [0.25, 0.3) is 0 Å². The molecule has 1 atom stereocenters. The van der Waals surface area contributed by atoms with Gasteiger partial charge in [-0.05, 0) is 44.0 Å². The predicted octanol–water partition coefficient (Wildman–Crippen LogP) is 2.58. The van der Waals surface area contributed by atoms with Crippen molar-refractivity contribution < 1.29 is 8.42 Å². The number of hydrogen-bond acceptors (Lipinski definition) is 3. The molecule has 1 aromatic carbocycles. The van der Waals surface area contributed by atoms with Gasteiger partial charge >= 0.3 is 0 Å². The van der Waals surface area contributed by atoms with Crippen LogP contribution >= 0.6 is 0 Å². The molecule has 0 spiro atoms. The second-order valence-electron chi connectivity index (χ2n) is 5.45. The Morgan fingerprint density at radius 2 is 2.00 bits per heavy atom. The van der Waals surface area contributed by atoms with Crippen LogP contribution in [0.4, 0.5) is 0 Å². The molecule has 5 heteroatoms. The van der Waals surface area contributed by atoms with E-state index in [0.29, 0.717) is 4.90 Å². The van der Waals surface area contributed by atoms with Gasteiger partial charge in [-0.3, -0.25) is 0 Å². The summed E-state index contributed by atoms with van der Waals surface area (Å²) in [6.45, 7) is 4.94. The average molecular weight is 296 g/mol. The molecule has 1 saturated carbocycles. The lowest BCUT2D eigenvalue weighted by molar-refractivity contribution is 0.551. The lowest BCUT2D eigenvalue weighted by Crippen LogP contribution is -2.32. The van der Waals surface area contributed by atoms with Gasteiger partial charge < -0.3 is 5.32 Å². The van der Waals surface area contributed by atoms with Gasteiger partial charge in [0.1, 0.15) is 0 Å². The summed E-state index contributed by atoms with van der Waals surface area (Å²) in [6, 6.07) is 7.47. The van der Waals surface area contributed by atoms with Crippen LogP contribution in [-0.4, -0.2) is 21.0 Å². The van der Waals surface area contributed by atoms with E-state index in [4.69, 9.17) is 0 Å². The van der Waals surface area contributed by atoms with Crippen molar-refractivity contribution in [2.75, 3.05) is 6.54 Å². The molecule has 0 heterocycles. The zero-order chi connectivity index (χ0) is 14.6. The highest BCUT2D eigenvalue weighted by Crippen LogP contribution is 2.22. The average Bonchev–Trinajstić information content (AvgIpc) is 2.91. The number of rotatable bonds is 6. The molecule has 0 aliphatic heterocycles. The topological polar surface area (TPSA) is 58.2 Å². The van der Waals surface area contributed by atoms with E-state index in [0.717, 1.165) is 37.8 Å².